The van der Waals surface area contributed by atoms with Crippen molar-refractivity contribution in [1.82, 2.24) is 25.7 Å². The highest BCUT2D eigenvalue weighted by Crippen LogP contribution is 2.43. The second-order valence-electron chi connectivity index (χ2n) is 10.8. The number of benzene rings is 1. The van der Waals surface area contributed by atoms with E-state index in [0.29, 0.717) is 21.2 Å². The number of nitrogens with zero attached hydrogens (tertiary/aromatic N) is 3. The number of carbonyl (C=O) groups excluding carboxylic acids is 3. The first-order valence-electron chi connectivity index (χ1n) is 12.9. The van der Waals surface area contributed by atoms with Gasteiger partial charge in [0.15, 0.2) is 0 Å². The Balaban J connectivity index is 1.32. The van der Waals surface area contributed by atoms with Crippen LogP contribution in [-0.4, -0.2) is 78.2 Å². The molecule has 1 aromatic heterocycles. The second kappa shape index (κ2) is 12.0. The van der Waals surface area contributed by atoms with Crippen LogP contribution in [0.1, 0.15) is 66.0 Å². The zero-order valence-corrected chi connectivity index (χ0v) is 24.6. The van der Waals surface area contributed by atoms with Gasteiger partial charge in [-0.2, -0.15) is 0 Å². The van der Waals surface area contributed by atoms with Gasteiger partial charge >= 0.3 is 11.9 Å². The maximum atomic E-state index is 12.9. The number of amides is 3. The molecule has 14 heteroatoms. The molecule has 3 atom stereocenters. The zero-order chi connectivity index (χ0) is 30.1. The van der Waals surface area contributed by atoms with Crippen molar-refractivity contribution in [2.75, 3.05) is 5.75 Å². The summed E-state index contributed by atoms with van der Waals surface area (Å²) in [6.07, 6.45) is 0.0819. The van der Waals surface area contributed by atoms with Crippen LogP contribution in [0.3, 0.4) is 0 Å². The van der Waals surface area contributed by atoms with Crippen LogP contribution in [0, 0.1) is 6.92 Å². The third kappa shape index (κ3) is 6.59. The van der Waals surface area contributed by atoms with Crippen LogP contribution in [0.5, 0.6) is 0 Å². The molecule has 0 bridgehead atoms. The molecule has 1 saturated heterocycles. The van der Waals surface area contributed by atoms with Crippen LogP contribution in [0.25, 0.3) is 5.57 Å². The van der Waals surface area contributed by atoms with Gasteiger partial charge in [-0.3, -0.25) is 19.3 Å². The van der Waals surface area contributed by atoms with Crippen LogP contribution in [0.4, 0.5) is 0 Å². The minimum atomic E-state index is -1.26. The number of aryl methyl sites for hydroxylation is 1. The number of carbonyl (C=O) groups is 5. The minimum Gasteiger partial charge on any atom is -0.480 e. The molecule has 0 radical (unpaired) electrons. The summed E-state index contributed by atoms with van der Waals surface area (Å²) in [6, 6.07) is 4.89. The number of carboxylic acids is 2. The molecule has 4 rings (SSSR count). The van der Waals surface area contributed by atoms with Crippen molar-refractivity contribution in [3.63, 3.8) is 0 Å². The fourth-order valence-corrected chi connectivity index (χ4v) is 6.71. The van der Waals surface area contributed by atoms with Crippen molar-refractivity contribution in [3.05, 3.63) is 51.1 Å². The zero-order valence-electron chi connectivity index (χ0n) is 23.0. The molecule has 1 aromatic carbocycles. The lowest BCUT2D eigenvalue weighted by Gasteiger charge is -2.49. The quantitative estimate of drug-likeness (QED) is 0.296. The molecule has 0 aliphatic carbocycles. The number of β-lactam (4-membered cyclic amide) rings is 1. The fraction of sp³-hybridized carbons (Fsp3) is 0.444. The molecule has 0 saturated carbocycles. The van der Waals surface area contributed by atoms with E-state index in [-0.39, 0.29) is 36.1 Å². The molecule has 2 aliphatic rings. The van der Waals surface area contributed by atoms with Gasteiger partial charge in [0.05, 0.1) is 0 Å². The number of thioether (sulfide) groups is 1. The normalized spacial score (nSPS) is 19.2. The number of carboxylic acid groups (broad SMARTS) is 2. The summed E-state index contributed by atoms with van der Waals surface area (Å²) in [7, 11) is 0. The van der Waals surface area contributed by atoms with Crippen LogP contribution in [-0.2, 0) is 24.6 Å². The highest BCUT2D eigenvalue weighted by molar-refractivity contribution is 8.00. The second-order valence-corrected chi connectivity index (χ2v) is 13.1. The first-order valence-corrected chi connectivity index (χ1v) is 14.8. The Labute approximate surface area is 244 Å². The standard InChI is InChI=1S/C27H31N5O7S2/c1-13-30-31-22(41-13)16-12-40-24-19(23(35)32(24)20(16)26(38)39)29-18(33)10-6-9-17(25(36)37)28-21(34)14-7-5-8-15(11-14)27(2,3)4/h5,7-8,11,17,19,24H,6,9-10,12H2,1-4H3,(H,28,34)(H,29,33)(H,36,37)(H,38,39)/t17?,19?,24-/m0/s1. The van der Waals surface area contributed by atoms with Crippen LogP contribution < -0.4 is 10.6 Å². The van der Waals surface area contributed by atoms with Gasteiger partial charge < -0.3 is 20.8 Å². The van der Waals surface area contributed by atoms with Crippen LogP contribution in [0.2, 0.25) is 0 Å². The lowest BCUT2D eigenvalue weighted by molar-refractivity contribution is -0.150. The number of hydrogen-bond acceptors (Lipinski definition) is 9. The van der Waals surface area contributed by atoms with Gasteiger partial charge in [0.25, 0.3) is 11.8 Å². The summed E-state index contributed by atoms with van der Waals surface area (Å²) < 4.78 is 0. The number of rotatable bonds is 10. The first-order chi connectivity index (χ1) is 19.3. The van der Waals surface area contributed by atoms with Gasteiger partial charge in [-0.05, 0) is 42.9 Å². The van der Waals surface area contributed by atoms with Gasteiger partial charge in [-0.15, -0.1) is 22.0 Å². The molecule has 4 N–H and O–H groups in total. The Morgan fingerprint density at radius 2 is 1.90 bits per heavy atom. The maximum absolute atomic E-state index is 12.9. The van der Waals surface area contributed by atoms with Crippen molar-refractivity contribution in [1.29, 1.82) is 0 Å². The van der Waals surface area contributed by atoms with Gasteiger partial charge in [0.1, 0.15) is 33.2 Å². The summed E-state index contributed by atoms with van der Waals surface area (Å²) >= 11 is 2.56. The molecule has 41 heavy (non-hydrogen) atoms. The molecule has 2 aromatic rings. The van der Waals surface area contributed by atoms with Crippen molar-refractivity contribution in [2.45, 2.75) is 69.8 Å². The summed E-state index contributed by atoms with van der Waals surface area (Å²) in [5.74, 6) is -3.72. The highest BCUT2D eigenvalue weighted by atomic mass is 32.2. The molecular formula is C27H31N5O7S2. The average Bonchev–Trinajstić information content (AvgIpc) is 3.35. The molecule has 3 heterocycles. The lowest BCUT2D eigenvalue weighted by Crippen LogP contribution is -2.70. The van der Waals surface area contributed by atoms with Crippen LogP contribution >= 0.6 is 23.1 Å². The predicted molar refractivity (Wildman–Crippen MR) is 152 cm³/mol. The molecule has 2 aliphatic heterocycles. The third-order valence-corrected chi connectivity index (χ3v) is 8.94. The van der Waals surface area contributed by atoms with Crippen molar-refractivity contribution in [2.24, 2.45) is 0 Å². The average molecular weight is 602 g/mol. The number of fused-ring (bicyclic) bond motifs is 1. The predicted octanol–water partition coefficient (Wildman–Crippen LogP) is 2.39. The number of aliphatic carboxylic acids is 2. The lowest BCUT2D eigenvalue weighted by atomic mass is 9.86. The molecule has 218 valence electrons. The largest absolute Gasteiger partial charge is 0.480 e. The first kappa shape index (κ1) is 30.2. The maximum Gasteiger partial charge on any atom is 0.353 e. The molecule has 0 spiro atoms. The Hall–Kier alpha value is -3.78. The molecule has 3 amide bonds. The van der Waals surface area contributed by atoms with Gasteiger partial charge in [-0.25, -0.2) is 9.59 Å². The van der Waals surface area contributed by atoms with E-state index in [2.05, 4.69) is 20.8 Å². The smallest absolute Gasteiger partial charge is 0.353 e. The Morgan fingerprint density at radius 3 is 2.51 bits per heavy atom. The molecular weight excluding hydrogens is 570 g/mol. The Bertz CT molecular complexity index is 1430. The van der Waals surface area contributed by atoms with Crippen molar-refractivity contribution < 1.29 is 34.2 Å². The van der Waals surface area contributed by atoms with E-state index in [1.165, 1.54) is 23.1 Å². The van der Waals surface area contributed by atoms with E-state index in [9.17, 15) is 34.2 Å². The highest BCUT2D eigenvalue weighted by Gasteiger charge is 2.54. The number of aromatic nitrogens is 2. The molecule has 12 nitrogen and oxygen atoms in total. The fourth-order valence-electron chi connectivity index (χ4n) is 4.54. The van der Waals surface area contributed by atoms with Crippen LogP contribution in [0.15, 0.2) is 30.0 Å². The number of nitrogens with one attached hydrogen (secondary N) is 2. The van der Waals surface area contributed by atoms with Gasteiger partial charge in [0, 0.05) is 23.3 Å². The Morgan fingerprint density at radius 1 is 1.17 bits per heavy atom. The Kier molecular flexibility index (Phi) is 8.83. The van der Waals surface area contributed by atoms with E-state index < -0.39 is 47.1 Å². The number of hydrogen-bond donors (Lipinski definition) is 4. The topological polar surface area (TPSA) is 179 Å². The summed E-state index contributed by atoms with van der Waals surface area (Å²) in [5, 5.41) is 33.1. The summed E-state index contributed by atoms with van der Waals surface area (Å²) in [5.41, 5.74) is 1.35. The summed E-state index contributed by atoms with van der Waals surface area (Å²) in [4.78, 5) is 63.2. The van der Waals surface area contributed by atoms with Crippen molar-refractivity contribution >= 4 is 58.3 Å². The van der Waals surface area contributed by atoms with E-state index in [1.54, 1.807) is 25.1 Å². The SMILES string of the molecule is Cc1nnc(C2=C(C(=O)O)N3C(=O)C(NC(=O)CCCC(NC(=O)c4cccc(C(C)(C)C)c4)C(=O)O)[C@@H]3SC2)s1. The van der Waals surface area contributed by atoms with E-state index >= 15 is 0 Å². The van der Waals surface area contributed by atoms with Gasteiger partial charge in [0.2, 0.25) is 5.91 Å². The van der Waals surface area contributed by atoms with E-state index in [0.717, 1.165) is 10.5 Å². The monoisotopic (exact) mass is 601 g/mol. The molecule has 1 fully saturated rings. The van der Waals surface area contributed by atoms with Gasteiger partial charge in [-0.1, -0.05) is 44.2 Å². The molecule has 2 unspecified atom stereocenters. The summed E-state index contributed by atoms with van der Waals surface area (Å²) in [6.45, 7) is 7.78. The minimum absolute atomic E-state index is 0.00684. The van der Waals surface area contributed by atoms with Crippen molar-refractivity contribution in [3.8, 4) is 0 Å². The third-order valence-electron chi connectivity index (χ3n) is 6.76. The van der Waals surface area contributed by atoms with E-state index in [1.807, 2.05) is 26.8 Å². The van der Waals surface area contributed by atoms with E-state index in [4.69, 9.17) is 0 Å².